The molecule has 1 aliphatic rings. The van der Waals surface area contributed by atoms with Crippen LogP contribution in [0.5, 0.6) is 0 Å². The number of nitrogens with one attached hydrogen (secondary N) is 1. The van der Waals surface area contributed by atoms with Crippen LogP contribution in [-0.2, 0) is 19.5 Å². The predicted octanol–water partition coefficient (Wildman–Crippen LogP) is 1.82. The van der Waals surface area contributed by atoms with E-state index in [-0.39, 0.29) is 0 Å². The van der Waals surface area contributed by atoms with E-state index in [1.807, 2.05) is 13.4 Å². The maximum atomic E-state index is 4.48. The average Bonchev–Trinajstić information content (AvgIpc) is 2.61. The Morgan fingerprint density at radius 3 is 3.07 bits per heavy atom. The molecule has 1 aromatic rings. The number of aryl methyl sites for hydroxylation is 1. The monoisotopic (exact) mass is 207 g/mol. The van der Waals surface area contributed by atoms with Crippen LogP contribution >= 0.6 is 0 Å². The molecule has 0 radical (unpaired) electrons. The molecule has 0 aromatic carbocycles. The van der Waals surface area contributed by atoms with Gasteiger partial charge in [-0.15, -0.1) is 0 Å². The first-order valence-corrected chi connectivity index (χ1v) is 5.90. The summed E-state index contributed by atoms with van der Waals surface area (Å²) in [4.78, 5) is 4.48. The van der Waals surface area contributed by atoms with Gasteiger partial charge in [0.25, 0.3) is 0 Å². The topological polar surface area (TPSA) is 29.9 Å². The van der Waals surface area contributed by atoms with Crippen molar-refractivity contribution in [3.63, 3.8) is 0 Å². The number of aromatic nitrogens is 2. The summed E-state index contributed by atoms with van der Waals surface area (Å²) in [6, 6.07) is 0. The van der Waals surface area contributed by atoms with Crippen LogP contribution in [0.2, 0.25) is 0 Å². The fraction of sp³-hybridized carbons (Fsp3) is 0.750. The van der Waals surface area contributed by atoms with Gasteiger partial charge in [0.1, 0.15) is 0 Å². The summed E-state index contributed by atoms with van der Waals surface area (Å²) < 4.78 is 2.32. The van der Waals surface area contributed by atoms with Gasteiger partial charge in [0.05, 0.1) is 12.0 Å². The molecule has 2 heterocycles. The van der Waals surface area contributed by atoms with Crippen molar-refractivity contribution in [2.75, 3.05) is 7.05 Å². The highest BCUT2D eigenvalue weighted by Gasteiger charge is 2.23. The fourth-order valence-electron chi connectivity index (χ4n) is 2.42. The van der Waals surface area contributed by atoms with E-state index in [4.69, 9.17) is 0 Å². The molecular formula is C12H21N3. The molecule has 0 amide bonds. The lowest BCUT2D eigenvalue weighted by atomic mass is 9.85. The van der Waals surface area contributed by atoms with Crippen molar-refractivity contribution in [2.45, 2.75) is 39.8 Å². The summed E-state index contributed by atoms with van der Waals surface area (Å²) in [5.74, 6) is 1.63. The van der Waals surface area contributed by atoms with Gasteiger partial charge >= 0.3 is 0 Å². The van der Waals surface area contributed by atoms with Crippen LogP contribution in [0.3, 0.4) is 0 Å². The van der Waals surface area contributed by atoms with Crippen LogP contribution in [0.4, 0.5) is 0 Å². The molecular weight excluding hydrogens is 186 g/mol. The zero-order chi connectivity index (χ0) is 10.8. The second kappa shape index (κ2) is 4.35. The molecule has 84 valence electrons. The third-order valence-electron chi connectivity index (χ3n) is 3.52. The van der Waals surface area contributed by atoms with E-state index >= 15 is 0 Å². The Hall–Kier alpha value is -0.830. The van der Waals surface area contributed by atoms with Gasteiger partial charge in [0.2, 0.25) is 0 Å². The summed E-state index contributed by atoms with van der Waals surface area (Å²) in [5.41, 5.74) is 2.69. The highest BCUT2D eigenvalue weighted by atomic mass is 15.1. The van der Waals surface area contributed by atoms with Gasteiger partial charge < -0.3 is 9.88 Å². The van der Waals surface area contributed by atoms with Crippen molar-refractivity contribution in [2.24, 2.45) is 11.8 Å². The van der Waals surface area contributed by atoms with E-state index in [0.717, 1.165) is 24.9 Å². The van der Waals surface area contributed by atoms with Crippen LogP contribution in [0.1, 0.15) is 31.7 Å². The van der Waals surface area contributed by atoms with Gasteiger partial charge in [-0.25, -0.2) is 4.98 Å². The molecule has 1 aliphatic heterocycles. The number of rotatable bonds is 3. The number of fused-ring (bicyclic) bond motifs is 1. The van der Waals surface area contributed by atoms with Crippen molar-refractivity contribution in [1.29, 1.82) is 0 Å². The van der Waals surface area contributed by atoms with E-state index in [9.17, 15) is 0 Å². The quantitative estimate of drug-likeness (QED) is 0.819. The Morgan fingerprint density at radius 1 is 1.60 bits per heavy atom. The van der Waals surface area contributed by atoms with Gasteiger partial charge in [0, 0.05) is 18.8 Å². The summed E-state index contributed by atoms with van der Waals surface area (Å²) in [5, 5.41) is 3.19. The first-order chi connectivity index (χ1) is 7.22. The normalized spacial score (nSPS) is 20.7. The maximum absolute atomic E-state index is 4.48. The molecule has 1 unspecified atom stereocenters. The molecule has 0 saturated heterocycles. The molecule has 0 spiro atoms. The first-order valence-electron chi connectivity index (χ1n) is 5.90. The molecule has 15 heavy (non-hydrogen) atoms. The third kappa shape index (κ3) is 2.07. The Balaban J connectivity index is 2.18. The van der Waals surface area contributed by atoms with Crippen molar-refractivity contribution in [1.82, 2.24) is 14.9 Å². The Bertz CT molecular complexity index is 328. The minimum atomic E-state index is 0.788. The Morgan fingerprint density at radius 2 is 2.40 bits per heavy atom. The molecule has 0 fully saturated rings. The minimum Gasteiger partial charge on any atom is -0.334 e. The van der Waals surface area contributed by atoms with Crippen LogP contribution in [-0.4, -0.2) is 16.6 Å². The Kier molecular flexibility index (Phi) is 3.10. The average molecular weight is 207 g/mol. The Labute approximate surface area is 91.9 Å². The number of hydrogen-bond acceptors (Lipinski definition) is 2. The van der Waals surface area contributed by atoms with E-state index in [2.05, 4.69) is 28.7 Å². The van der Waals surface area contributed by atoms with Crippen molar-refractivity contribution in [3.8, 4) is 0 Å². The molecule has 0 bridgehead atoms. The minimum absolute atomic E-state index is 0.788. The molecule has 3 heteroatoms. The van der Waals surface area contributed by atoms with Crippen molar-refractivity contribution in [3.05, 3.63) is 17.7 Å². The van der Waals surface area contributed by atoms with Gasteiger partial charge in [0.15, 0.2) is 0 Å². The van der Waals surface area contributed by atoms with Crippen LogP contribution in [0, 0.1) is 11.8 Å². The molecule has 1 aromatic heterocycles. The smallest absolute Gasteiger partial charge is 0.0952 e. The van der Waals surface area contributed by atoms with Crippen LogP contribution < -0.4 is 5.32 Å². The van der Waals surface area contributed by atoms with Crippen LogP contribution in [0.15, 0.2) is 6.33 Å². The number of imidazole rings is 1. The lowest BCUT2D eigenvalue weighted by Gasteiger charge is -2.27. The second-order valence-electron chi connectivity index (χ2n) is 4.86. The van der Waals surface area contributed by atoms with Crippen molar-refractivity contribution >= 4 is 0 Å². The SMILES string of the molecule is CNCc1ncn2c1CC(C(C)C)CC2. The molecule has 3 nitrogen and oxygen atoms in total. The van der Waals surface area contributed by atoms with Crippen molar-refractivity contribution < 1.29 is 0 Å². The summed E-state index contributed by atoms with van der Waals surface area (Å²) >= 11 is 0. The molecule has 2 rings (SSSR count). The standard InChI is InChI=1S/C12H21N3/c1-9(2)10-4-5-15-8-14-11(7-13-3)12(15)6-10/h8-10,13H,4-7H2,1-3H3. The van der Waals surface area contributed by atoms with Gasteiger partial charge in [-0.1, -0.05) is 13.8 Å². The summed E-state index contributed by atoms with van der Waals surface area (Å²) in [6.07, 6.45) is 4.51. The maximum Gasteiger partial charge on any atom is 0.0952 e. The lowest BCUT2D eigenvalue weighted by molar-refractivity contribution is 0.301. The first kappa shape index (κ1) is 10.7. The zero-order valence-electron chi connectivity index (χ0n) is 9.95. The van der Waals surface area contributed by atoms with E-state index in [0.29, 0.717) is 0 Å². The molecule has 0 saturated carbocycles. The van der Waals surface area contributed by atoms with E-state index in [1.54, 1.807) is 0 Å². The highest BCUT2D eigenvalue weighted by Crippen LogP contribution is 2.27. The fourth-order valence-corrected chi connectivity index (χ4v) is 2.42. The zero-order valence-corrected chi connectivity index (χ0v) is 9.95. The lowest BCUT2D eigenvalue weighted by Crippen LogP contribution is -2.23. The van der Waals surface area contributed by atoms with Crippen LogP contribution in [0.25, 0.3) is 0 Å². The van der Waals surface area contributed by atoms with E-state index in [1.165, 1.54) is 24.2 Å². The third-order valence-corrected chi connectivity index (χ3v) is 3.52. The number of hydrogen-bond donors (Lipinski definition) is 1. The molecule has 1 atom stereocenters. The number of nitrogens with zero attached hydrogens (tertiary/aromatic N) is 2. The highest BCUT2D eigenvalue weighted by molar-refractivity contribution is 5.15. The second-order valence-corrected chi connectivity index (χ2v) is 4.86. The molecule has 1 N–H and O–H groups in total. The largest absolute Gasteiger partial charge is 0.334 e. The van der Waals surface area contributed by atoms with E-state index < -0.39 is 0 Å². The summed E-state index contributed by atoms with van der Waals surface area (Å²) in [6.45, 7) is 6.70. The van der Waals surface area contributed by atoms with Gasteiger partial charge in [-0.2, -0.15) is 0 Å². The molecule has 0 aliphatic carbocycles. The van der Waals surface area contributed by atoms with Gasteiger partial charge in [-0.3, -0.25) is 0 Å². The predicted molar refractivity (Wildman–Crippen MR) is 61.6 cm³/mol. The van der Waals surface area contributed by atoms with Gasteiger partial charge in [-0.05, 0) is 31.7 Å². The summed E-state index contributed by atoms with van der Waals surface area (Å²) in [7, 11) is 1.98.